The van der Waals surface area contributed by atoms with Crippen molar-refractivity contribution in [3.05, 3.63) is 59.5 Å². The van der Waals surface area contributed by atoms with Gasteiger partial charge in [-0.15, -0.1) is 0 Å². The summed E-state index contributed by atoms with van der Waals surface area (Å²) < 4.78 is 5.37. The van der Waals surface area contributed by atoms with Crippen molar-refractivity contribution in [2.75, 3.05) is 6.54 Å². The normalized spacial score (nSPS) is 10.6. The van der Waals surface area contributed by atoms with Gasteiger partial charge < -0.3 is 14.8 Å². The van der Waals surface area contributed by atoms with Gasteiger partial charge in [-0.05, 0) is 30.7 Å². The van der Waals surface area contributed by atoms with Crippen LogP contribution in [-0.2, 0) is 19.6 Å². The minimum atomic E-state index is -0.0377. The van der Waals surface area contributed by atoms with Crippen LogP contribution in [0.4, 0.5) is 0 Å². The molecule has 0 atom stereocenters. The lowest BCUT2D eigenvalue weighted by Gasteiger charge is -2.02. The molecule has 17 heavy (non-hydrogen) atoms. The largest absolute Gasteiger partial charge is 0.462 e. The fourth-order valence-electron chi connectivity index (χ4n) is 1.69. The summed E-state index contributed by atoms with van der Waals surface area (Å²) in [7, 11) is 0. The first-order valence-corrected chi connectivity index (χ1v) is 5.81. The molecule has 0 amide bonds. The lowest BCUT2D eigenvalue weighted by atomic mass is 10.1. The van der Waals surface area contributed by atoms with Crippen LogP contribution < -0.4 is 5.32 Å². The molecule has 1 heterocycles. The van der Waals surface area contributed by atoms with Crippen LogP contribution in [0.3, 0.4) is 0 Å². The number of hydrogen-bond donors (Lipinski definition) is 2. The summed E-state index contributed by atoms with van der Waals surface area (Å²) in [4.78, 5) is 0. The van der Waals surface area contributed by atoms with Crippen LogP contribution in [0.5, 0.6) is 0 Å². The van der Waals surface area contributed by atoms with Gasteiger partial charge in [0, 0.05) is 0 Å². The third-order valence-corrected chi connectivity index (χ3v) is 2.61. The van der Waals surface area contributed by atoms with E-state index in [1.807, 2.05) is 12.1 Å². The Bertz CT molecular complexity index is 436. The minimum absolute atomic E-state index is 0.0377. The number of furan rings is 1. The highest BCUT2D eigenvalue weighted by atomic mass is 16.4. The van der Waals surface area contributed by atoms with Crippen LogP contribution >= 0.6 is 0 Å². The molecule has 0 aliphatic carbocycles. The van der Waals surface area contributed by atoms with E-state index >= 15 is 0 Å². The van der Waals surface area contributed by atoms with E-state index in [2.05, 4.69) is 29.6 Å². The van der Waals surface area contributed by atoms with Gasteiger partial charge in [0.05, 0.1) is 6.54 Å². The number of aliphatic hydroxyl groups is 1. The van der Waals surface area contributed by atoms with E-state index in [-0.39, 0.29) is 6.61 Å². The zero-order chi connectivity index (χ0) is 11.9. The van der Waals surface area contributed by atoms with E-state index < -0.39 is 0 Å². The number of hydrogen-bond acceptors (Lipinski definition) is 3. The predicted molar refractivity (Wildman–Crippen MR) is 66.5 cm³/mol. The molecule has 2 aromatic rings. The van der Waals surface area contributed by atoms with Crippen molar-refractivity contribution >= 4 is 0 Å². The molecule has 0 spiro atoms. The molecule has 0 saturated carbocycles. The van der Waals surface area contributed by atoms with E-state index in [9.17, 15) is 0 Å². The Morgan fingerprint density at radius 3 is 2.47 bits per heavy atom. The molecule has 0 radical (unpaired) electrons. The number of benzene rings is 1. The Balaban J connectivity index is 1.69. The first-order chi connectivity index (χ1) is 8.38. The fraction of sp³-hybridized carbons (Fsp3) is 0.286. The fourth-order valence-corrected chi connectivity index (χ4v) is 1.69. The summed E-state index contributed by atoms with van der Waals surface area (Å²) in [6.45, 7) is 1.58. The topological polar surface area (TPSA) is 45.4 Å². The Labute approximate surface area is 101 Å². The second-order valence-corrected chi connectivity index (χ2v) is 3.94. The maximum absolute atomic E-state index is 8.86. The highest BCUT2D eigenvalue weighted by molar-refractivity contribution is 5.14. The highest BCUT2D eigenvalue weighted by Crippen LogP contribution is 2.07. The van der Waals surface area contributed by atoms with Gasteiger partial charge in [-0.25, -0.2) is 0 Å². The molecule has 90 valence electrons. The smallest absolute Gasteiger partial charge is 0.129 e. The summed E-state index contributed by atoms with van der Waals surface area (Å²) in [5.41, 5.74) is 1.33. The molecule has 2 N–H and O–H groups in total. The van der Waals surface area contributed by atoms with E-state index in [4.69, 9.17) is 9.52 Å². The molecule has 1 aromatic heterocycles. The van der Waals surface area contributed by atoms with Crippen LogP contribution in [-0.4, -0.2) is 11.7 Å². The first-order valence-electron chi connectivity index (χ1n) is 5.81. The monoisotopic (exact) mass is 231 g/mol. The summed E-state index contributed by atoms with van der Waals surface area (Å²) in [6.07, 6.45) is 1.01. The molecular formula is C14H17NO2. The maximum Gasteiger partial charge on any atom is 0.129 e. The number of nitrogens with one attached hydrogen (secondary N) is 1. The molecule has 0 fully saturated rings. The third-order valence-electron chi connectivity index (χ3n) is 2.61. The van der Waals surface area contributed by atoms with Gasteiger partial charge in [0.1, 0.15) is 18.1 Å². The highest BCUT2D eigenvalue weighted by Gasteiger charge is 2.00. The van der Waals surface area contributed by atoms with Gasteiger partial charge in [0.15, 0.2) is 0 Å². The quantitative estimate of drug-likeness (QED) is 0.748. The molecule has 0 bridgehead atoms. The van der Waals surface area contributed by atoms with Crippen molar-refractivity contribution < 1.29 is 9.52 Å². The van der Waals surface area contributed by atoms with E-state index in [0.717, 1.165) is 18.7 Å². The van der Waals surface area contributed by atoms with Gasteiger partial charge >= 0.3 is 0 Å². The van der Waals surface area contributed by atoms with Crippen LogP contribution in [0.15, 0.2) is 46.9 Å². The van der Waals surface area contributed by atoms with Gasteiger partial charge in [-0.3, -0.25) is 0 Å². The average molecular weight is 231 g/mol. The average Bonchev–Trinajstić information content (AvgIpc) is 2.84. The van der Waals surface area contributed by atoms with Crippen LogP contribution in [0, 0.1) is 0 Å². The second kappa shape index (κ2) is 6.23. The third kappa shape index (κ3) is 3.73. The van der Waals surface area contributed by atoms with Crippen LogP contribution in [0.2, 0.25) is 0 Å². The number of rotatable bonds is 6. The lowest BCUT2D eigenvalue weighted by molar-refractivity contribution is 0.243. The molecule has 0 aliphatic rings. The Kier molecular flexibility index (Phi) is 4.36. The predicted octanol–water partition coefficient (Wildman–Crippen LogP) is 2.10. The summed E-state index contributed by atoms with van der Waals surface area (Å²) in [5.74, 6) is 1.48. The van der Waals surface area contributed by atoms with Crippen molar-refractivity contribution in [3.8, 4) is 0 Å². The van der Waals surface area contributed by atoms with Crippen molar-refractivity contribution in [3.63, 3.8) is 0 Å². The van der Waals surface area contributed by atoms with Crippen molar-refractivity contribution in [2.24, 2.45) is 0 Å². The summed E-state index contributed by atoms with van der Waals surface area (Å²) in [6, 6.07) is 14.1. The minimum Gasteiger partial charge on any atom is -0.462 e. The Morgan fingerprint density at radius 1 is 1.00 bits per heavy atom. The number of aliphatic hydroxyl groups excluding tert-OH is 1. The Morgan fingerprint density at radius 2 is 1.76 bits per heavy atom. The van der Waals surface area contributed by atoms with Gasteiger partial charge in [-0.2, -0.15) is 0 Å². The van der Waals surface area contributed by atoms with E-state index in [1.165, 1.54) is 5.56 Å². The molecule has 0 aliphatic heterocycles. The molecule has 1 aromatic carbocycles. The first kappa shape index (κ1) is 11.9. The lowest BCUT2D eigenvalue weighted by Crippen LogP contribution is -2.16. The van der Waals surface area contributed by atoms with E-state index in [0.29, 0.717) is 12.3 Å². The van der Waals surface area contributed by atoms with Crippen LogP contribution in [0.1, 0.15) is 17.1 Å². The van der Waals surface area contributed by atoms with Gasteiger partial charge in [0.2, 0.25) is 0 Å². The van der Waals surface area contributed by atoms with Gasteiger partial charge in [-0.1, -0.05) is 30.3 Å². The summed E-state index contributed by atoms with van der Waals surface area (Å²) in [5, 5.41) is 12.2. The molecule has 2 rings (SSSR count). The van der Waals surface area contributed by atoms with Crippen molar-refractivity contribution in [2.45, 2.75) is 19.6 Å². The molecule has 0 saturated heterocycles. The van der Waals surface area contributed by atoms with Crippen molar-refractivity contribution in [1.82, 2.24) is 5.32 Å². The van der Waals surface area contributed by atoms with Crippen molar-refractivity contribution in [1.29, 1.82) is 0 Å². The zero-order valence-corrected chi connectivity index (χ0v) is 9.73. The van der Waals surface area contributed by atoms with Crippen LogP contribution in [0.25, 0.3) is 0 Å². The zero-order valence-electron chi connectivity index (χ0n) is 9.73. The molecule has 3 heteroatoms. The maximum atomic E-state index is 8.86. The Hall–Kier alpha value is -1.58. The summed E-state index contributed by atoms with van der Waals surface area (Å²) >= 11 is 0. The van der Waals surface area contributed by atoms with E-state index in [1.54, 1.807) is 6.07 Å². The standard InChI is InChI=1S/C14H17NO2/c16-11-14-7-6-13(17-14)10-15-9-8-12-4-2-1-3-5-12/h1-7,15-16H,8-11H2. The molecule has 0 unspecified atom stereocenters. The SMILES string of the molecule is OCc1ccc(CNCCc2ccccc2)o1. The van der Waals surface area contributed by atoms with Gasteiger partial charge in [0.25, 0.3) is 0 Å². The molecule has 3 nitrogen and oxygen atoms in total. The molecular weight excluding hydrogens is 214 g/mol. The second-order valence-electron chi connectivity index (χ2n) is 3.94.